The maximum Gasteiger partial charge on any atom is 0.243 e. The summed E-state index contributed by atoms with van der Waals surface area (Å²) in [6, 6.07) is 24.7. The Labute approximate surface area is 218 Å². The first-order valence-electron chi connectivity index (χ1n) is 11.7. The third kappa shape index (κ3) is 8.75. The van der Waals surface area contributed by atoms with Gasteiger partial charge >= 0.3 is 0 Å². The monoisotopic (exact) mass is 508 g/mol. The first-order chi connectivity index (χ1) is 16.6. The van der Waals surface area contributed by atoms with E-state index in [2.05, 4.69) is 5.32 Å². The van der Waals surface area contributed by atoms with Crippen LogP contribution < -0.4 is 5.32 Å². The first kappa shape index (κ1) is 26.8. The number of hydrogen-bond donors (Lipinski definition) is 1. The van der Waals surface area contributed by atoms with Gasteiger partial charge in [0.1, 0.15) is 6.04 Å². The smallest absolute Gasteiger partial charge is 0.243 e. The second-order valence-electron chi connectivity index (χ2n) is 9.69. The molecule has 3 rings (SSSR count). The molecule has 3 aromatic rings. The molecule has 1 N–H and O–H groups in total. The highest BCUT2D eigenvalue weighted by molar-refractivity contribution is 8.00. The van der Waals surface area contributed by atoms with Crippen LogP contribution in [0.3, 0.4) is 0 Å². The van der Waals surface area contributed by atoms with Gasteiger partial charge in [-0.15, -0.1) is 11.8 Å². The predicted octanol–water partition coefficient (Wildman–Crippen LogP) is 6.30. The van der Waals surface area contributed by atoms with Crippen molar-refractivity contribution in [2.75, 3.05) is 5.75 Å². The van der Waals surface area contributed by atoms with Crippen LogP contribution in [0.1, 0.15) is 37.5 Å². The lowest BCUT2D eigenvalue weighted by Gasteiger charge is -2.34. The van der Waals surface area contributed by atoms with Gasteiger partial charge in [-0.1, -0.05) is 71.8 Å². The SMILES string of the molecule is Cc1ccc(SCC(=O)N(Cc2ccc(Cl)cc2)C(Cc2ccccc2)C(=O)NC(C)(C)C)cc1. The van der Waals surface area contributed by atoms with Gasteiger partial charge in [0.05, 0.1) is 5.75 Å². The van der Waals surface area contributed by atoms with Crippen LogP contribution in [0.4, 0.5) is 0 Å². The lowest BCUT2D eigenvalue weighted by Crippen LogP contribution is -2.54. The van der Waals surface area contributed by atoms with Gasteiger partial charge in [0.25, 0.3) is 0 Å². The minimum atomic E-state index is -0.654. The molecule has 35 heavy (non-hydrogen) atoms. The van der Waals surface area contributed by atoms with Crippen molar-refractivity contribution in [3.8, 4) is 0 Å². The van der Waals surface area contributed by atoms with Crippen LogP contribution in [-0.4, -0.2) is 34.0 Å². The summed E-state index contributed by atoms with van der Waals surface area (Å²) in [5.74, 6) is -0.00963. The van der Waals surface area contributed by atoms with E-state index in [-0.39, 0.29) is 17.6 Å². The van der Waals surface area contributed by atoms with Gasteiger partial charge in [0, 0.05) is 28.4 Å². The van der Waals surface area contributed by atoms with E-state index in [1.165, 1.54) is 17.3 Å². The summed E-state index contributed by atoms with van der Waals surface area (Å²) >= 11 is 7.57. The lowest BCUT2D eigenvalue weighted by atomic mass is 10.0. The zero-order chi connectivity index (χ0) is 25.4. The first-order valence-corrected chi connectivity index (χ1v) is 13.1. The minimum Gasteiger partial charge on any atom is -0.350 e. The number of thioether (sulfide) groups is 1. The van der Waals surface area contributed by atoms with Crippen molar-refractivity contribution in [2.45, 2.75) is 57.1 Å². The minimum absolute atomic E-state index is 0.0875. The van der Waals surface area contributed by atoms with E-state index in [9.17, 15) is 9.59 Å². The van der Waals surface area contributed by atoms with E-state index in [0.717, 1.165) is 16.0 Å². The van der Waals surface area contributed by atoms with Crippen LogP contribution in [-0.2, 0) is 22.6 Å². The Morgan fingerprint density at radius 2 is 1.54 bits per heavy atom. The van der Waals surface area contributed by atoms with Crippen molar-refractivity contribution in [3.05, 3.63) is 101 Å². The molecule has 0 saturated carbocycles. The second-order valence-corrected chi connectivity index (χ2v) is 11.2. The molecule has 0 aliphatic rings. The summed E-state index contributed by atoms with van der Waals surface area (Å²) < 4.78 is 0. The number of carbonyl (C=O) groups is 2. The maximum atomic E-state index is 13.7. The second kappa shape index (κ2) is 12.3. The highest BCUT2D eigenvalue weighted by Crippen LogP contribution is 2.22. The molecular weight excluding hydrogens is 476 g/mol. The van der Waals surface area contributed by atoms with Crippen molar-refractivity contribution in [1.82, 2.24) is 10.2 Å². The molecule has 2 amide bonds. The van der Waals surface area contributed by atoms with Crippen LogP contribution in [0.5, 0.6) is 0 Å². The molecule has 3 aromatic carbocycles. The fraction of sp³-hybridized carbons (Fsp3) is 0.310. The molecule has 184 valence electrons. The number of halogens is 1. The summed E-state index contributed by atoms with van der Waals surface area (Å²) in [5.41, 5.74) is 2.68. The number of nitrogens with one attached hydrogen (secondary N) is 1. The van der Waals surface area contributed by atoms with Gasteiger partial charge < -0.3 is 10.2 Å². The fourth-order valence-electron chi connectivity index (χ4n) is 3.66. The number of hydrogen-bond acceptors (Lipinski definition) is 3. The molecular formula is C29H33ClN2O2S. The maximum absolute atomic E-state index is 13.7. The molecule has 0 aliphatic heterocycles. The van der Waals surface area contributed by atoms with Gasteiger partial charge in [-0.2, -0.15) is 0 Å². The van der Waals surface area contributed by atoms with Gasteiger partial charge in [-0.25, -0.2) is 0 Å². The average Bonchev–Trinajstić information content (AvgIpc) is 2.81. The largest absolute Gasteiger partial charge is 0.350 e. The number of rotatable bonds is 9. The van der Waals surface area contributed by atoms with Gasteiger partial charge in [0.2, 0.25) is 11.8 Å². The van der Waals surface area contributed by atoms with Gasteiger partial charge in [0.15, 0.2) is 0 Å². The van der Waals surface area contributed by atoms with E-state index in [1.54, 1.807) is 4.90 Å². The molecule has 0 saturated heterocycles. The number of aryl methyl sites for hydroxylation is 1. The number of nitrogens with zero attached hydrogens (tertiary/aromatic N) is 1. The van der Waals surface area contributed by atoms with Crippen LogP contribution >= 0.6 is 23.4 Å². The van der Waals surface area contributed by atoms with Crippen molar-refractivity contribution >= 4 is 35.2 Å². The highest BCUT2D eigenvalue weighted by atomic mass is 35.5. The Morgan fingerprint density at radius 1 is 0.914 bits per heavy atom. The highest BCUT2D eigenvalue weighted by Gasteiger charge is 2.32. The Bertz CT molecular complexity index is 1110. The van der Waals surface area contributed by atoms with E-state index in [0.29, 0.717) is 18.0 Å². The molecule has 0 aromatic heterocycles. The Balaban J connectivity index is 1.91. The zero-order valence-electron chi connectivity index (χ0n) is 20.8. The zero-order valence-corrected chi connectivity index (χ0v) is 22.3. The van der Waals surface area contributed by atoms with E-state index in [1.807, 2.05) is 107 Å². The molecule has 0 spiro atoms. The summed E-state index contributed by atoms with van der Waals surface area (Å²) in [4.78, 5) is 29.9. The van der Waals surface area contributed by atoms with Crippen molar-refractivity contribution < 1.29 is 9.59 Å². The summed E-state index contributed by atoms with van der Waals surface area (Å²) in [7, 11) is 0. The van der Waals surface area contributed by atoms with E-state index < -0.39 is 11.6 Å². The number of benzene rings is 3. The lowest BCUT2D eigenvalue weighted by molar-refractivity contribution is -0.140. The molecule has 6 heteroatoms. The molecule has 4 nitrogen and oxygen atoms in total. The molecule has 1 atom stereocenters. The fourth-order valence-corrected chi connectivity index (χ4v) is 4.57. The normalized spacial score (nSPS) is 12.1. The van der Waals surface area contributed by atoms with Crippen LogP contribution in [0.2, 0.25) is 5.02 Å². The Hall–Kier alpha value is -2.76. The number of amides is 2. The third-order valence-corrected chi connectivity index (χ3v) is 6.67. The molecule has 0 heterocycles. The van der Waals surface area contributed by atoms with Crippen molar-refractivity contribution in [1.29, 1.82) is 0 Å². The summed E-state index contributed by atoms with van der Waals surface area (Å²) in [6.07, 6.45) is 0.428. The van der Waals surface area contributed by atoms with Crippen LogP contribution in [0, 0.1) is 6.92 Å². The van der Waals surface area contributed by atoms with E-state index >= 15 is 0 Å². The summed E-state index contributed by atoms with van der Waals surface area (Å²) in [6.45, 7) is 8.20. The van der Waals surface area contributed by atoms with Gasteiger partial charge in [-0.3, -0.25) is 9.59 Å². The topological polar surface area (TPSA) is 49.4 Å². The van der Waals surface area contributed by atoms with Gasteiger partial charge in [-0.05, 0) is 63.1 Å². The Kier molecular flexibility index (Phi) is 9.41. The quantitative estimate of drug-likeness (QED) is 0.345. The third-order valence-electron chi connectivity index (χ3n) is 5.42. The Morgan fingerprint density at radius 3 is 2.14 bits per heavy atom. The molecule has 1 unspecified atom stereocenters. The molecule has 0 fully saturated rings. The van der Waals surface area contributed by atoms with Crippen LogP contribution in [0.15, 0.2) is 83.8 Å². The van der Waals surface area contributed by atoms with Crippen molar-refractivity contribution in [3.63, 3.8) is 0 Å². The standard InChI is InChI=1S/C29H33ClN2O2S/c1-21-10-16-25(17-11-21)35-20-27(33)32(19-23-12-14-24(30)15-13-23)26(28(34)31-29(2,3)4)18-22-8-6-5-7-9-22/h5-17,26H,18-20H2,1-4H3,(H,31,34). The summed E-state index contributed by atoms with van der Waals surface area (Å²) in [5, 5.41) is 3.72. The molecule has 0 bridgehead atoms. The molecule has 0 radical (unpaired) electrons. The number of carbonyl (C=O) groups excluding carboxylic acids is 2. The van der Waals surface area contributed by atoms with Crippen molar-refractivity contribution in [2.24, 2.45) is 0 Å². The van der Waals surface area contributed by atoms with E-state index in [4.69, 9.17) is 11.6 Å². The van der Waals surface area contributed by atoms with Crippen LogP contribution in [0.25, 0.3) is 0 Å². The molecule has 0 aliphatic carbocycles. The average molecular weight is 509 g/mol. The predicted molar refractivity (Wildman–Crippen MR) is 146 cm³/mol.